The van der Waals surface area contributed by atoms with E-state index in [1.54, 1.807) is 9.80 Å². The van der Waals surface area contributed by atoms with Crippen LogP contribution in [0, 0.1) is 0 Å². The first-order valence-electron chi connectivity index (χ1n) is 11.3. The van der Waals surface area contributed by atoms with E-state index in [1.807, 2.05) is 54.6 Å². The number of nitrogens with zero attached hydrogens (tertiary/aromatic N) is 2. The van der Waals surface area contributed by atoms with Gasteiger partial charge in [-0.3, -0.25) is 14.4 Å². The fraction of sp³-hybridized carbons (Fsp3) is 0.400. The lowest BCUT2D eigenvalue weighted by molar-refractivity contribution is -0.160. The highest BCUT2D eigenvalue weighted by Gasteiger charge is 2.66. The molecule has 3 amide bonds. The summed E-state index contributed by atoms with van der Waals surface area (Å²) in [4.78, 5) is 43.9. The van der Waals surface area contributed by atoms with Gasteiger partial charge in [0.25, 0.3) is 0 Å². The van der Waals surface area contributed by atoms with Crippen molar-refractivity contribution >= 4 is 23.4 Å². The topological polar surface area (TPSA) is 79.0 Å². The predicted molar refractivity (Wildman–Crippen MR) is 117 cm³/mol. The molecule has 2 aromatic carbocycles. The molecule has 0 saturated carbocycles. The molecular weight excluding hydrogens is 406 g/mol. The molecule has 4 aliphatic rings. The minimum Gasteiger partial charge on any atom is -0.375 e. The van der Waals surface area contributed by atoms with Crippen LogP contribution in [0.1, 0.15) is 30.4 Å². The van der Waals surface area contributed by atoms with Crippen LogP contribution >= 0.6 is 0 Å². The van der Waals surface area contributed by atoms with E-state index in [4.69, 9.17) is 4.74 Å². The van der Waals surface area contributed by atoms with E-state index in [0.717, 1.165) is 23.2 Å². The largest absolute Gasteiger partial charge is 0.375 e. The molecule has 0 unspecified atom stereocenters. The van der Waals surface area contributed by atoms with Crippen molar-refractivity contribution in [3.8, 4) is 0 Å². The van der Waals surface area contributed by atoms with Gasteiger partial charge in [0.15, 0.2) is 0 Å². The number of para-hydroxylation sites is 1. The summed E-state index contributed by atoms with van der Waals surface area (Å²) in [6, 6.07) is 15.9. The van der Waals surface area contributed by atoms with Gasteiger partial charge in [-0.2, -0.15) is 0 Å². The number of ether oxygens (including phenoxy) is 1. The molecule has 4 atom stereocenters. The standard InChI is InChI=1S/C25H25N3O4/c29-22-20-13-25(17-9-4-5-10-18(17)26-24(25)31)21(15-32-14-16-7-2-1-3-8-16)28(20)23(30)19-11-6-12-27(19)22/h1-5,7-10,19-21H,6,11-15H2,(H,26,31)/t19-,20-,21-,25-/m0/s1. The van der Waals surface area contributed by atoms with E-state index in [1.165, 1.54) is 0 Å². The molecule has 6 rings (SSSR count). The molecule has 1 spiro atoms. The van der Waals surface area contributed by atoms with Gasteiger partial charge in [0.1, 0.15) is 17.5 Å². The first-order valence-corrected chi connectivity index (χ1v) is 11.3. The van der Waals surface area contributed by atoms with Gasteiger partial charge >= 0.3 is 0 Å². The molecule has 1 N–H and O–H groups in total. The first-order chi connectivity index (χ1) is 15.6. The quantitative estimate of drug-likeness (QED) is 0.804. The summed E-state index contributed by atoms with van der Waals surface area (Å²) in [5.41, 5.74) is 1.65. The van der Waals surface area contributed by atoms with Gasteiger partial charge < -0.3 is 19.9 Å². The van der Waals surface area contributed by atoms with Crippen LogP contribution < -0.4 is 5.32 Å². The van der Waals surface area contributed by atoms with E-state index >= 15 is 0 Å². The number of fused-ring (bicyclic) bond motifs is 4. The Balaban J connectivity index is 1.39. The Morgan fingerprint density at radius 2 is 1.75 bits per heavy atom. The number of hydrogen-bond acceptors (Lipinski definition) is 4. The highest BCUT2D eigenvalue weighted by molar-refractivity contribution is 6.09. The van der Waals surface area contributed by atoms with Crippen molar-refractivity contribution in [1.29, 1.82) is 0 Å². The van der Waals surface area contributed by atoms with E-state index < -0.39 is 23.5 Å². The molecule has 7 nitrogen and oxygen atoms in total. The second-order valence-electron chi connectivity index (χ2n) is 9.14. The molecular formula is C25H25N3O4. The number of carbonyl (C=O) groups is 3. The fourth-order valence-corrected chi connectivity index (χ4v) is 6.11. The van der Waals surface area contributed by atoms with Gasteiger partial charge in [-0.05, 0) is 36.5 Å². The number of anilines is 1. The average Bonchev–Trinajstić information content (AvgIpc) is 3.50. The van der Waals surface area contributed by atoms with Crippen LogP contribution in [-0.4, -0.2) is 58.8 Å². The zero-order chi connectivity index (χ0) is 21.9. The third-order valence-electron chi connectivity index (χ3n) is 7.56. The minimum absolute atomic E-state index is 0.0331. The number of amides is 3. The normalized spacial score (nSPS) is 30.5. The zero-order valence-electron chi connectivity index (χ0n) is 17.7. The maximum absolute atomic E-state index is 13.6. The number of piperazine rings is 1. The molecule has 3 fully saturated rings. The van der Waals surface area contributed by atoms with Crippen LogP contribution in [0.2, 0.25) is 0 Å². The Bertz CT molecular complexity index is 1100. The number of rotatable bonds is 4. The molecule has 4 heterocycles. The maximum atomic E-state index is 13.6. The van der Waals surface area contributed by atoms with Crippen molar-refractivity contribution < 1.29 is 19.1 Å². The van der Waals surface area contributed by atoms with Crippen molar-refractivity contribution in [2.75, 3.05) is 18.5 Å². The highest BCUT2D eigenvalue weighted by Crippen LogP contribution is 2.52. The van der Waals surface area contributed by atoms with Crippen LogP contribution in [0.3, 0.4) is 0 Å². The van der Waals surface area contributed by atoms with Crippen molar-refractivity contribution in [3.63, 3.8) is 0 Å². The Hall–Kier alpha value is -3.19. The summed E-state index contributed by atoms with van der Waals surface area (Å²) >= 11 is 0. The molecule has 0 bridgehead atoms. The van der Waals surface area contributed by atoms with Gasteiger partial charge in [0.2, 0.25) is 17.7 Å². The number of benzene rings is 2. The summed E-state index contributed by atoms with van der Waals surface area (Å²) in [6.07, 6.45) is 1.82. The Labute approximate surface area is 186 Å². The molecule has 0 aliphatic carbocycles. The molecule has 4 aliphatic heterocycles. The Kier molecular flexibility index (Phi) is 4.37. The van der Waals surface area contributed by atoms with Gasteiger partial charge in [0, 0.05) is 12.2 Å². The second kappa shape index (κ2) is 7.17. The summed E-state index contributed by atoms with van der Waals surface area (Å²) in [5, 5.41) is 3.00. The lowest BCUT2D eigenvalue weighted by Crippen LogP contribution is -2.63. The molecule has 0 radical (unpaired) electrons. The monoisotopic (exact) mass is 431 g/mol. The van der Waals surface area contributed by atoms with Crippen molar-refractivity contribution in [1.82, 2.24) is 9.80 Å². The van der Waals surface area contributed by atoms with Crippen LogP contribution in [0.4, 0.5) is 5.69 Å². The van der Waals surface area contributed by atoms with E-state index in [-0.39, 0.29) is 24.3 Å². The minimum atomic E-state index is -0.983. The molecule has 7 heteroatoms. The van der Waals surface area contributed by atoms with Crippen molar-refractivity contribution in [3.05, 3.63) is 65.7 Å². The van der Waals surface area contributed by atoms with Crippen LogP contribution in [0.15, 0.2) is 54.6 Å². The summed E-state index contributed by atoms with van der Waals surface area (Å²) in [7, 11) is 0. The lowest BCUT2D eigenvalue weighted by atomic mass is 9.74. The SMILES string of the molecule is O=C1[C@@H]2C[C@@]3(C(=O)Nc4ccccc43)[C@H](COCc3ccccc3)N2C(=O)[C@@H]2CCCN12. The molecule has 32 heavy (non-hydrogen) atoms. The second-order valence-corrected chi connectivity index (χ2v) is 9.14. The highest BCUT2D eigenvalue weighted by atomic mass is 16.5. The van der Waals surface area contributed by atoms with E-state index in [2.05, 4.69) is 5.32 Å². The fourth-order valence-electron chi connectivity index (χ4n) is 6.11. The molecule has 2 aromatic rings. The average molecular weight is 431 g/mol. The lowest BCUT2D eigenvalue weighted by Gasteiger charge is -2.42. The smallest absolute Gasteiger partial charge is 0.246 e. The van der Waals surface area contributed by atoms with Gasteiger partial charge in [-0.15, -0.1) is 0 Å². The summed E-state index contributed by atoms with van der Waals surface area (Å²) in [6.45, 7) is 1.19. The van der Waals surface area contributed by atoms with Gasteiger partial charge in [-0.25, -0.2) is 0 Å². The maximum Gasteiger partial charge on any atom is 0.246 e. The first kappa shape index (κ1) is 19.5. The van der Waals surface area contributed by atoms with Crippen molar-refractivity contribution in [2.24, 2.45) is 0 Å². The molecule has 164 valence electrons. The zero-order valence-corrected chi connectivity index (χ0v) is 17.7. The Morgan fingerprint density at radius 1 is 0.969 bits per heavy atom. The van der Waals surface area contributed by atoms with Crippen LogP contribution in [0.25, 0.3) is 0 Å². The number of nitrogens with one attached hydrogen (secondary N) is 1. The number of hydrogen-bond donors (Lipinski definition) is 1. The van der Waals surface area contributed by atoms with Gasteiger partial charge in [0.05, 0.1) is 19.3 Å². The van der Waals surface area contributed by atoms with Crippen molar-refractivity contribution in [2.45, 2.75) is 49.4 Å². The summed E-state index contributed by atoms with van der Waals surface area (Å²) < 4.78 is 6.10. The summed E-state index contributed by atoms with van der Waals surface area (Å²) in [5.74, 6) is -0.231. The number of carbonyl (C=O) groups excluding carboxylic acids is 3. The van der Waals surface area contributed by atoms with Gasteiger partial charge in [-0.1, -0.05) is 48.5 Å². The van der Waals surface area contributed by atoms with Crippen LogP contribution in [0.5, 0.6) is 0 Å². The molecule has 0 aromatic heterocycles. The predicted octanol–water partition coefficient (Wildman–Crippen LogP) is 2.07. The third-order valence-corrected chi connectivity index (χ3v) is 7.56. The van der Waals surface area contributed by atoms with E-state index in [9.17, 15) is 14.4 Å². The molecule has 3 saturated heterocycles. The third kappa shape index (κ3) is 2.60. The van der Waals surface area contributed by atoms with E-state index in [0.29, 0.717) is 26.0 Å². The Morgan fingerprint density at radius 3 is 2.59 bits per heavy atom. The van der Waals surface area contributed by atoms with Crippen LogP contribution in [-0.2, 0) is 31.1 Å².